The molecule has 1 heterocycles. The first-order valence-corrected chi connectivity index (χ1v) is 4.42. The van der Waals surface area contributed by atoms with E-state index < -0.39 is 24.4 Å². The molecule has 0 aliphatic carbocycles. The van der Waals surface area contributed by atoms with Crippen molar-refractivity contribution >= 4 is 5.91 Å². The van der Waals surface area contributed by atoms with E-state index >= 15 is 0 Å². The maximum Gasteiger partial charge on any atom is 0.217 e. The molecular weight excluding hydrogens is 190 g/mol. The molecule has 6 nitrogen and oxygen atoms in total. The van der Waals surface area contributed by atoms with Gasteiger partial charge in [0.1, 0.15) is 18.3 Å². The maximum absolute atomic E-state index is 10.7. The number of hydrogen-bond donors (Lipinski definition) is 4. The fourth-order valence-electron chi connectivity index (χ4n) is 1.43. The SMILES string of the molecule is CC(=O)NC1COC(CO)[C@H](O)[C@@H]1O. The summed E-state index contributed by atoms with van der Waals surface area (Å²) < 4.78 is 5.05. The van der Waals surface area contributed by atoms with Crippen molar-refractivity contribution in [2.45, 2.75) is 31.3 Å². The van der Waals surface area contributed by atoms with Crippen molar-refractivity contribution in [1.82, 2.24) is 5.32 Å². The summed E-state index contributed by atoms with van der Waals surface area (Å²) in [4.78, 5) is 10.7. The van der Waals surface area contributed by atoms with Gasteiger partial charge in [0.05, 0.1) is 19.3 Å². The van der Waals surface area contributed by atoms with Crippen LogP contribution in [0.25, 0.3) is 0 Å². The number of carbonyl (C=O) groups excluding carboxylic acids is 1. The average Bonchev–Trinajstić information content (AvgIpc) is 2.13. The van der Waals surface area contributed by atoms with E-state index in [1.54, 1.807) is 0 Å². The summed E-state index contributed by atoms with van der Waals surface area (Å²) in [6.45, 7) is 1.05. The Hall–Kier alpha value is -0.690. The third kappa shape index (κ3) is 2.42. The fourth-order valence-corrected chi connectivity index (χ4v) is 1.43. The van der Waals surface area contributed by atoms with Crippen molar-refractivity contribution < 1.29 is 24.9 Å². The quantitative estimate of drug-likeness (QED) is 0.403. The van der Waals surface area contributed by atoms with E-state index in [0.717, 1.165) is 0 Å². The van der Waals surface area contributed by atoms with Crippen LogP contribution in [0.1, 0.15) is 6.92 Å². The van der Waals surface area contributed by atoms with Crippen LogP contribution in [0.3, 0.4) is 0 Å². The van der Waals surface area contributed by atoms with Crippen molar-refractivity contribution in [3.05, 3.63) is 0 Å². The van der Waals surface area contributed by atoms with Crippen LogP contribution >= 0.6 is 0 Å². The van der Waals surface area contributed by atoms with Crippen LogP contribution in [0.4, 0.5) is 0 Å². The molecule has 1 fully saturated rings. The lowest BCUT2D eigenvalue weighted by Gasteiger charge is -2.36. The number of ether oxygens (including phenoxy) is 1. The van der Waals surface area contributed by atoms with Gasteiger partial charge >= 0.3 is 0 Å². The molecule has 1 rings (SSSR count). The summed E-state index contributed by atoms with van der Waals surface area (Å²) in [5.74, 6) is -0.299. The summed E-state index contributed by atoms with van der Waals surface area (Å²) in [7, 11) is 0. The molecule has 1 amide bonds. The molecule has 14 heavy (non-hydrogen) atoms. The molecule has 0 saturated carbocycles. The van der Waals surface area contributed by atoms with Crippen LogP contribution in [0.15, 0.2) is 0 Å². The minimum Gasteiger partial charge on any atom is -0.394 e. The number of hydrogen-bond acceptors (Lipinski definition) is 5. The minimum absolute atomic E-state index is 0.0863. The van der Waals surface area contributed by atoms with E-state index in [4.69, 9.17) is 9.84 Å². The highest BCUT2D eigenvalue weighted by atomic mass is 16.5. The largest absolute Gasteiger partial charge is 0.394 e. The maximum atomic E-state index is 10.7. The second-order valence-electron chi connectivity index (χ2n) is 3.34. The van der Waals surface area contributed by atoms with E-state index in [9.17, 15) is 15.0 Å². The van der Waals surface area contributed by atoms with Crippen molar-refractivity contribution in [2.75, 3.05) is 13.2 Å². The van der Waals surface area contributed by atoms with Crippen molar-refractivity contribution in [2.24, 2.45) is 0 Å². The average molecular weight is 205 g/mol. The normalized spacial score (nSPS) is 38.0. The molecule has 6 heteroatoms. The van der Waals surface area contributed by atoms with E-state index in [0.29, 0.717) is 0 Å². The van der Waals surface area contributed by atoms with Crippen LogP contribution in [0.5, 0.6) is 0 Å². The molecular formula is C8H15NO5. The Labute approximate surface area is 81.5 Å². The number of aliphatic hydroxyl groups excluding tert-OH is 3. The lowest BCUT2D eigenvalue weighted by molar-refractivity contribution is -0.164. The third-order valence-corrected chi connectivity index (χ3v) is 2.20. The highest BCUT2D eigenvalue weighted by Crippen LogP contribution is 2.14. The molecule has 0 spiro atoms. The predicted octanol–water partition coefficient (Wildman–Crippen LogP) is -2.40. The zero-order chi connectivity index (χ0) is 10.7. The van der Waals surface area contributed by atoms with E-state index in [1.165, 1.54) is 6.92 Å². The molecule has 0 radical (unpaired) electrons. The van der Waals surface area contributed by atoms with Gasteiger partial charge in [0, 0.05) is 6.92 Å². The predicted molar refractivity (Wildman–Crippen MR) is 46.4 cm³/mol. The van der Waals surface area contributed by atoms with Gasteiger partial charge < -0.3 is 25.4 Å². The number of rotatable bonds is 2. The van der Waals surface area contributed by atoms with Gasteiger partial charge in [0.25, 0.3) is 0 Å². The van der Waals surface area contributed by atoms with Crippen LogP contribution in [0, 0.1) is 0 Å². The second kappa shape index (κ2) is 4.70. The topological polar surface area (TPSA) is 99.0 Å². The Morgan fingerprint density at radius 1 is 1.50 bits per heavy atom. The van der Waals surface area contributed by atoms with Gasteiger partial charge in [-0.3, -0.25) is 4.79 Å². The Morgan fingerprint density at radius 3 is 2.64 bits per heavy atom. The molecule has 0 aromatic carbocycles. The van der Waals surface area contributed by atoms with Gasteiger partial charge in [-0.25, -0.2) is 0 Å². The van der Waals surface area contributed by atoms with Crippen molar-refractivity contribution in [1.29, 1.82) is 0 Å². The first-order chi connectivity index (χ1) is 6.56. The zero-order valence-electron chi connectivity index (χ0n) is 7.88. The zero-order valence-corrected chi connectivity index (χ0v) is 7.88. The Balaban J connectivity index is 2.54. The first-order valence-electron chi connectivity index (χ1n) is 4.42. The Bertz CT molecular complexity index is 210. The third-order valence-electron chi connectivity index (χ3n) is 2.20. The van der Waals surface area contributed by atoms with Crippen molar-refractivity contribution in [3.63, 3.8) is 0 Å². The molecule has 4 atom stereocenters. The Morgan fingerprint density at radius 2 is 2.14 bits per heavy atom. The van der Waals surface area contributed by atoms with E-state index in [2.05, 4.69) is 5.32 Å². The van der Waals surface area contributed by atoms with Gasteiger partial charge in [-0.15, -0.1) is 0 Å². The van der Waals surface area contributed by atoms with Crippen molar-refractivity contribution in [3.8, 4) is 0 Å². The number of nitrogens with one attached hydrogen (secondary N) is 1. The second-order valence-corrected chi connectivity index (χ2v) is 3.34. The smallest absolute Gasteiger partial charge is 0.217 e. The molecule has 82 valence electrons. The van der Waals surface area contributed by atoms with Crippen LogP contribution in [-0.4, -0.2) is 58.8 Å². The summed E-state index contributed by atoms with van der Waals surface area (Å²) >= 11 is 0. The molecule has 1 aliphatic rings. The number of aliphatic hydroxyl groups is 3. The lowest BCUT2D eigenvalue weighted by atomic mass is 9.98. The summed E-state index contributed by atoms with van der Waals surface area (Å²) in [6, 6.07) is -0.620. The minimum atomic E-state index is -1.18. The molecule has 4 N–H and O–H groups in total. The van der Waals surface area contributed by atoms with Crippen LogP contribution in [0.2, 0.25) is 0 Å². The van der Waals surface area contributed by atoms with E-state index in [-0.39, 0.29) is 19.1 Å². The molecule has 1 aliphatic heterocycles. The van der Waals surface area contributed by atoms with E-state index in [1.807, 2.05) is 0 Å². The molecule has 2 unspecified atom stereocenters. The van der Waals surface area contributed by atoms with Crippen LogP contribution in [-0.2, 0) is 9.53 Å². The first kappa shape index (κ1) is 11.4. The monoisotopic (exact) mass is 205 g/mol. The molecule has 0 aromatic heterocycles. The van der Waals surface area contributed by atoms with Gasteiger partial charge in [-0.2, -0.15) is 0 Å². The fraction of sp³-hybridized carbons (Fsp3) is 0.875. The van der Waals surface area contributed by atoms with Crippen LogP contribution < -0.4 is 5.32 Å². The highest BCUT2D eigenvalue weighted by Gasteiger charge is 2.38. The lowest BCUT2D eigenvalue weighted by Crippen LogP contribution is -2.59. The molecule has 0 bridgehead atoms. The van der Waals surface area contributed by atoms with Gasteiger partial charge in [-0.05, 0) is 0 Å². The summed E-state index contributed by atoms with van der Waals surface area (Å²) in [6.07, 6.45) is -3.06. The molecule has 0 aromatic rings. The van der Waals surface area contributed by atoms with Gasteiger partial charge in [-0.1, -0.05) is 0 Å². The number of amides is 1. The summed E-state index contributed by atoms with van der Waals surface area (Å²) in [5.41, 5.74) is 0. The van der Waals surface area contributed by atoms with Gasteiger partial charge in [0.2, 0.25) is 5.91 Å². The molecule has 1 saturated heterocycles. The number of carbonyl (C=O) groups is 1. The summed E-state index contributed by atoms with van der Waals surface area (Å²) in [5, 5.41) is 30.2. The standard InChI is InChI=1S/C8H15NO5/c1-4(11)9-5-3-14-6(2-10)8(13)7(5)12/h5-8,10,12-13H,2-3H2,1H3,(H,9,11)/t5?,6?,7-,8+/m1/s1. The Kier molecular flexibility index (Phi) is 3.82. The van der Waals surface area contributed by atoms with Gasteiger partial charge in [0.15, 0.2) is 0 Å². The highest BCUT2D eigenvalue weighted by molar-refractivity contribution is 5.73.